The van der Waals surface area contributed by atoms with Gasteiger partial charge in [-0.15, -0.1) is 0 Å². The van der Waals surface area contributed by atoms with Crippen LogP contribution < -0.4 is 9.64 Å². The van der Waals surface area contributed by atoms with Gasteiger partial charge in [-0.25, -0.2) is 9.78 Å². The lowest BCUT2D eigenvalue weighted by Gasteiger charge is -2.22. The molecule has 4 aromatic rings. The van der Waals surface area contributed by atoms with Crippen LogP contribution in [-0.2, 0) is 11.3 Å². The number of fused-ring (bicyclic) bond motifs is 2. The van der Waals surface area contributed by atoms with Gasteiger partial charge < -0.3 is 19.3 Å². The van der Waals surface area contributed by atoms with E-state index in [2.05, 4.69) is 15.0 Å². The van der Waals surface area contributed by atoms with Gasteiger partial charge in [0, 0.05) is 51.8 Å². The minimum absolute atomic E-state index is 0.0455. The summed E-state index contributed by atoms with van der Waals surface area (Å²) in [6, 6.07) is 13.8. The Morgan fingerprint density at radius 1 is 1.15 bits per heavy atom. The molecule has 1 amide bonds. The van der Waals surface area contributed by atoms with Crippen molar-refractivity contribution in [1.29, 1.82) is 0 Å². The molecule has 0 radical (unpaired) electrons. The normalized spacial score (nSPS) is 18.5. The van der Waals surface area contributed by atoms with Gasteiger partial charge in [0.25, 0.3) is 5.19 Å². The number of carbonyl (C=O) groups excluding carboxylic acids is 2. The van der Waals surface area contributed by atoms with Crippen LogP contribution in [0.25, 0.3) is 10.2 Å². The standard InChI is InChI=1S/C26H27ClN6O2S.C2H4O/c1-30(2)20-10-28-33(16-20)26(34)32-14-18-12-31(13-19(18)15-32)11-17-7-8-21(9-22(17)27)35-25-29-23-5-3-4-6-24(23)36-25;1-2-3/h3-10,16,18-19H,11-15H2,1-2H3;2H,1H3. The molecule has 11 heteroatoms. The van der Waals surface area contributed by atoms with Gasteiger partial charge in [-0.1, -0.05) is 41.1 Å². The molecule has 2 atom stereocenters. The quantitative estimate of drug-likeness (QED) is 0.305. The van der Waals surface area contributed by atoms with Crippen molar-refractivity contribution in [3.63, 3.8) is 0 Å². The third-order valence-corrected chi connectivity index (χ3v) is 8.28. The average Bonchev–Trinajstić information content (AvgIpc) is 3.68. The van der Waals surface area contributed by atoms with Crippen molar-refractivity contribution in [3.05, 3.63) is 65.4 Å². The molecule has 6 rings (SSSR count). The number of thiazole rings is 1. The maximum atomic E-state index is 12.9. The largest absolute Gasteiger partial charge is 0.431 e. The third-order valence-electron chi connectivity index (χ3n) is 7.01. The molecular formula is C28H31ClN6O3S. The highest BCUT2D eigenvalue weighted by Gasteiger charge is 2.42. The molecule has 4 heterocycles. The Hall–Kier alpha value is -3.47. The van der Waals surface area contributed by atoms with Crippen LogP contribution in [0.5, 0.6) is 10.9 Å². The van der Waals surface area contributed by atoms with E-state index in [4.69, 9.17) is 21.1 Å². The van der Waals surface area contributed by atoms with Gasteiger partial charge in [-0.2, -0.15) is 9.78 Å². The van der Waals surface area contributed by atoms with Crippen LogP contribution in [0.3, 0.4) is 0 Å². The first-order valence-corrected chi connectivity index (χ1v) is 14.0. The van der Waals surface area contributed by atoms with Crippen molar-refractivity contribution in [2.45, 2.75) is 13.5 Å². The molecule has 2 aliphatic rings. The van der Waals surface area contributed by atoms with Gasteiger partial charge in [-0.05, 0) is 48.6 Å². The number of ether oxygens (including phenoxy) is 1. The van der Waals surface area contributed by atoms with Crippen LogP contribution in [0.2, 0.25) is 5.02 Å². The number of amides is 1. The van der Waals surface area contributed by atoms with E-state index in [0.717, 1.165) is 60.5 Å². The predicted molar refractivity (Wildman–Crippen MR) is 154 cm³/mol. The zero-order chi connectivity index (χ0) is 27.5. The van der Waals surface area contributed by atoms with E-state index in [1.807, 2.05) is 66.4 Å². The van der Waals surface area contributed by atoms with Gasteiger partial charge >= 0.3 is 6.03 Å². The van der Waals surface area contributed by atoms with Crippen molar-refractivity contribution in [2.24, 2.45) is 11.8 Å². The van der Waals surface area contributed by atoms with Crippen molar-refractivity contribution in [2.75, 3.05) is 45.2 Å². The Morgan fingerprint density at radius 2 is 1.87 bits per heavy atom. The third kappa shape index (κ3) is 6.08. The maximum Gasteiger partial charge on any atom is 0.344 e. The molecule has 9 nitrogen and oxygen atoms in total. The van der Waals surface area contributed by atoms with Crippen LogP contribution in [0, 0.1) is 11.8 Å². The van der Waals surface area contributed by atoms with Gasteiger partial charge in [-0.3, -0.25) is 4.90 Å². The highest BCUT2D eigenvalue weighted by atomic mass is 35.5. The van der Waals surface area contributed by atoms with E-state index in [1.165, 1.54) is 22.9 Å². The summed E-state index contributed by atoms with van der Waals surface area (Å²) in [5.74, 6) is 1.63. The van der Waals surface area contributed by atoms with Crippen molar-refractivity contribution < 1.29 is 14.3 Å². The number of likely N-dealkylation sites (tertiary alicyclic amines) is 2. The summed E-state index contributed by atoms with van der Waals surface area (Å²) in [7, 11) is 3.88. The van der Waals surface area contributed by atoms with Crippen LogP contribution in [-0.4, -0.2) is 77.2 Å². The number of hydrogen-bond acceptors (Lipinski definition) is 8. The SMILES string of the molecule is CC=O.CN(C)c1cnn(C(=O)N2CC3CN(Cc4ccc(Oc5nc6ccccc6s5)cc4Cl)CC3C2)c1. The van der Waals surface area contributed by atoms with Gasteiger partial charge in [0.2, 0.25) is 0 Å². The monoisotopic (exact) mass is 566 g/mol. The number of benzene rings is 2. The van der Waals surface area contributed by atoms with Gasteiger partial charge in [0.15, 0.2) is 0 Å². The fourth-order valence-corrected chi connectivity index (χ4v) is 6.19. The minimum atomic E-state index is -0.0455. The Morgan fingerprint density at radius 3 is 2.51 bits per heavy atom. The van der Waals surface area contributed by atoms with Crippen LogP contribution in [0.4, 0.5) is 10.5 Å². The number of aldehydes is 1. The fourth-order valence-electron chi connectivity index (χ4n) is 5.13. The first kappa shape index (κ1) is 27.1. The average molecular weight is 567 g/mol. The zero-order valence-electron chi connectivity index (χ0n) is 22.2. The van der Waals surface area contributed by atoms with Crippen LogP contribution in [0.15, 0.2) is 54.9 Å². The molecule has 2 saturated heterocycles. The number of carbonyl (C=O) groups is 2. The number of nitrogens with zero attached hydrogens (tertiary/aromatic N) is 6. The second-order valence-corrected chi connectivity index (χ2v) is 11.4. The number of hydrogen-bond donors (Lipinski definition) is 0. The molecule has 0 N–H and O–H groups in total. The lowest BCUT2D eigenvalue weighted by atomic mass is 10.0. The number of aromatic nitrogens is 3. The molecule has 2 aromatic heterocycles. The lowest BCUT2D eigenvalue weighted by molar-refractivity contribution is -0.106. The molecule has 2 fully saturated rings. The topological polar surface area (TPSA) is 83.8 Å². The molecule has 2 unspecified atom stereocenters. The number of para-hydroxylation sites is 1. The van der Waals surface area contributed by atoms with Crippen LogP contribution in [0.1, 0.15) is 12.5 Å². The Bertz CT molecular complexity index is 1420. The highest BCUT2D eigenvalue weighted by molar-refractivity contribution is 7.20. The summed E-state index contributed by atoms with van der Waals surface area (Å²) in [6.45, 7) is 5.67. The zero-order valence-corrected chi connectivity index (χ0v) is 23.7. The summed E-state index contributed by atoms with van der Waals surface area (Å²) in [4.78, 5) is 32.6. The van der Waals surface area contributed by atoms with Crippen LogP contribution >= 0.6 is 22.9 Å². The van der Waals surface area contributed by atoms with Gasteiger partial charge in [0.05, 0.1) is 28.3 Å². The summed E-state index contributed by atoms with van der Waals surface area (Å²) in [6.07, 6.45) is 4.25. The molecule has 2 aromatic carbocycles. The molecular weight excluding hydrogens is 536 g/mol. The Balaban J connectivity index is 0.000000983. The minimum Gasteiger partial charge on any atom is -0.431 e. The van der Waals surface area contributed by atoms with Crippen molar-refractivity contribution in [1.82, 2.24) is 24.6 Å². The number of rotatable bonds is 5. The molecule has 0 aliphatic carbocycles. The molecule has 0 spiro atoms. The molecule has 204 valence electrons. The van der Waals surface area contributed by atoms with Gasteiger partial charge in [0.1, 0.15) is 12.0 Å². The van der Waals surface area contributed by atoms with E-state index in [9.17, 15) is 4.79 Å². The van der Waals surface area contributed by atoms with Crippen molar-refractivity contribution in [3.8, 4) is 10.9 Å². The van der Waals surface area contributed by atoms with Crippen molar-refractivity contribution >= 4 is 51.2 Å². The molecule has 2 aliphatic heterocycles. The van der Waals surface area contributed by atoms with E-state index in [-0.39, 0.29) is 6.03 Å². The molecule has 39 heavy (non-hydrogen) atoms. The summed E-state index contributed by atoms with van der Waals surface area (Å²) < 4.78 is 8.52. The maximum absolute atomic E-state index is 12.9. The Labute approximate surface area is 236 Å². The number of halogens is 1. The highest BCUT2D eigenvalue weighted by Crippen LogP contribution is 2.35. The Kier molecular flexibility index (Phi) is 8.15. The first-order valence-electron chi connectivity index (χ1n) is 12.8. The van der Waals surface area contributed by atoms with E-state index in [1.54, 1.807) is 12.4 Å². The molecule has 0 saturated carbocycles. The first-order chi connectivity index (χ1) is 18.8. The smallest absolute Gasteiger partial charge is 0.344 e. The predicted octanol–water partition coefficient (Wildman–Crippen LogP) is 5.24. The van der Waals surface area contributed by atoms with E-state index in [0.29, 0.717) is 27.8 Å². The summed E-state index contributed by atoms with van der Waals surface area (Å²) in [5, 5.41) is 5.55. The second kappa shape index (κ2) is 11.7. The summed E-state index contributed by atoms with van der Waals surface area (Å²) in [5.41, 5.74) is 2.93. The summed E-state index contributed by atoms with van der Waals surface area (Å²) >= 11 is 8.16. The molecule has 0 bridgehead atoms. The second-order valence-electron chi connectivity index (χ2n) is 9.98. The van der Waals surface area contributed by atoms with E-state index < -0.39 is 0 Å². The number of anilines is 1. The fraction of sp³-hybridized carbons (Fsp3) is 0.357. The lowest BCUT2D eigenvalue weighted by Crippen LogP contribution is -2.36. The van der Waals surface area contributed by atoms with E-state index >= 15 is 0 Å².